The van der Waals surface area contributed by atoms with Crippen molar-refractivity contribution in [1.29, 1.82) is 0 Å². The fourth-order valence-electron chi connectivity index (χ4n) is 2.94. The van der Waals surface area contributed by atoms with Gasteiger partial charge in [0.1, 0.15) is 13.5 Å². The SMILES string of the molecule is O=C(NCO)c1ccc(NC(=O)c2ccc(C(=O)Nc3ccc(C(=O)NCO)cc3)cc2)cc1. The van der Waals surface area contributed by atoms with Crippen LogP contribution >= 0.6 is 0 Å². The van der Waals surface area contributed by atoms with Gasteiger partial charge in [-0.15, -0.1) is 0 Å². The van der Waals surface area contributed by atoms with Crippen LogP contribution in [0.3, 0.4) is 0 Å². The van der Waals surface area contributed by atoms with E-state index in [1.807, 2.05) is 0 Å². The number of anilines is 2. The molecule has 3 aromatic rings. The number of nitrogens with one attached hydrogen (secondary N) is 4. The summed E-state index contributed by atoms with van der Waals surface area (Å²) in [6, 6.07) is 18.3. The Labute approximate surface area is 194 Å². The van der Waals surface area contributed by atoms with Gasteiger partial charge in [0.25, 0.3) is 23.6 Å². The number of aliphatic hydroxyl groups is 2. The third-order valence-electron chi connectivity index (χ3n) is 4.70. The normalized spacial score (nSPS) is 10.2. The van der Waals surface area contributed by atoms with Gasteiger partial charge in [0.15, 0.2) is 0 Å². The van der Waals surface area contributed by atoms with E-state index in [-0.39, 0.29) is 0 Å². The summed E-state index contributed by atoms with van der Waals surface area (Å²) in [5.41, 5.74) is 2.29. The highest BCUT2D eigenvalue weighted by atomic mass is 16.3. The van der Waals surface area contributed by atoms with E-state index < -0.39 is 37.1 Å². The standard InChI is InChI=1S/C24H22N4O6/c29-13-25-21(31)15-5-9-19(10-6-15)27-23(33)17-1-2-18(4-3-17)24(34)28-20-11-7-16(8-12-20)22(32)26-14-30/h1-12,29-30H,13-14H2,(H,25,31)(H,26,32)(H,27,33)(H,28,34). The molecule has 174 valence electrons. The van der Waals surface area contributed by atoms with Crippen molar-refractivity contribution in [2.45, 2.75) is 0 Å². The van der Waals surface area contributed by atoms with Crippen LogP contribution in [0.4, 0.5) is 11.4 Å². The Morgan fingerprint density at radius 3 is 1.03 bits per heavy atom. The molecule has 6 N–H and O–H groups in total. The Morgan fingerprint density at radius 1 is 0.471 bits per heavy atom. The molecule has 0 spiro atoms. The van der Waals surface area contributed by atoms with Gasteiger partial charge in [0, 0.05) is 33.6 Å². The molecule has 0 atom stereocenters. The van der Waals surface area contributed by atoms with Crippen molar-refractivity contribution in [3.05, 3.63) is 95.1 Å². The third-order valence-corrected chi connectivity index (χ3v) is 4.70. The number of aliphatic hydroxyl groups excluding tert-OH is 2. The summed E-state index contributed by atoms with van der Waals surface area (Å²) < 4.78 is 0. The molecule has 0 saturated carbocycles. The van der Waals surface area contributed by atoms with Crippen molar-refractivity contribution in [3.63, 3.8) is 0 Å². The maximum Gasteiger partial charge on any atom is 0.255 e. The summed E-state index contributed by atoms with van der Waals surface area (Å²) >= 11 is 0. The zero-order valence-electron chi connectivity index (χ0n) is 17.9. The molecule has 3 rings (SSSR count). The topological polar surface area (TPSA) is 157 Å². The van der Waals surface area contributed by atoms with E-state index in [9.17, 15) is 19.2 Å². The van der Waals surface area contributed by atoms with Crippen LogP contribution in [0.5, 0.6) is 0 Å². The van der Waals surface area contributed by atoms with E-state index in [1.54, 1.807) is 24.3 Å². The number of hydrogen-bond donors (Lipinski definition) is 6. The van der Waals surface area contributed by atoms with Gasteiger partial charge in [-0.25, -0.2) is 0 Å². The summed E-state index contributed by atoms with van der Waals surface area (Å²) in [4.78, 5) is 48.2. The smallest absolute Gasteiger partial charge is 0.255 e. The first-order valence-electron chi connectivity index (χ1n) is 10.1. The lowest BCUT2D eigenvalue weighted by Crippen LogP contribution is -2.24. The Balaban J connectivity index is 1.58. The minimum absolute atomic E-state index is 0.331. The van der Waals surface area contributed by atoms with Crippen LogP contribution < -0.4 is 21.3 Å². The molecule has 0 aliphatic heterocycles. The molecule has 4 amide bonds. The van der Waals surface area contributed by atoms with Crippen LogP contribution in [0.1, 0.15) is 41.4 Å². The molecule has 0 fully saturated rings. The van der Waals surface area contributed by atoms with Gasteiger partial charge in [0.2, 0.25) is 0 Å². The second-order valence-electron chi connectivity index (χ2n) is 6.97. The van der Waals surface area contributed by atoms with E-state index in [0.29, 0.717) is 33.6 Å². The second kappa shape index (κ2) is 11.4. The molecule has 0 aromatic heterocycles. The molecule has 0 bridgehead atoms. The minimum atomic E-state index is -0.470. The van der Waals surface area contributed by atoms with Crippen molar-refractivity contribution >= 4 is 35.0 Å². The number of hydrogen-bond acceptors (Lipinski definition) is 6. The Bertz CT molecular complexity index is 1080. The lowest BCUT2D eigenvalue weighted by Gasteiger charge is -2.09. The fraction of sp³-hybridized carbons (Fsp3) is 0.0833. The molecular formula is C24H22N4O6. The van der Waals surface area contributed by atoms with Gasteiger partial charge >= 0.3 is 0 Å². The average Bonchev–Trinajstić information content (AvgIpc) is 2.85. The minimum Gasteiger partial charge on any atom is -0.376 e. The predicted octanol–water partition coefficient (Wildman–Crippen LogP) is 1.55. The van der Waals surface area contributed by atoms with Crippen molar-refractivity contribution in [2.75, 3.05) is 24.1 Å². The maximum absolute atomic E-state index is 12.5. The first-order chi connectivity index (χ1) is 16.4. The van der Waals surface area contributed by atoms with Gasteiger partial charge in [-0.1, -0.05) is 0 Å². The average molecular weight is 462 g/mol. The summed E-state index contributed by atoms with van der Waals surface area (Å²) in [5.74, 6) is -1.65. The number of amides is 4. The predicted molar refractivity (Wildman–Crippen MR) is 124 cm³/mol. The zero-order valence-corrected chi connectivity index (χ0v) is 17.9. The largest absolute Gasteiger partial charge is 0.376 e. The van der Waals surface area contributed by atoms with Crippen molar-refractivity contribution in [2.24, 2.45) is 0 Å². The lowest BCUT2D eigenvalue weighted by molar-refractivity contribution is 0.0900. The van der Waals surface area contributed by atoms with E-state index in [4.69, 9.17) is 10.2 Å². The Kier molecular flexibility index (Phi) is 8.06. The molecular weight excluding hydrogens is 440 g/mol. The first kappa shape index (κ1) is 24.1. The molecule has 0 heterocycles. The van der Waals surface area contributed by atoms with Crippen LogP contribution in [-0.4, -0.2) is 47.3 Å². The highest BCUT2D eigenvalue weighted by molar-refractivity contribution is 6.07. The monoisotopic (exact) mass is 462 g/mol. The number of carbonyl (C=O) groups is 4. The van der Waals surface area contributed by atoms with E-state index >= 15 is 0 Å². The lowest BCUT2D eigenvalue weighted by atomic mass is 10.1. The first-order valence-corrected chi connectivity index (χ1v) is 10.1. The van der Waals surface area contributed by atoms with Crippen molar-refractivity contribution in [1.82, 2.24) is 10.6 Å². The highest BCUT2D eigenvalue weighted by Gasteiger charge is 2.11. The summed E-state index contributed by atoms with van der Waals surface area (Å²) in [7, 11) is 0. The summed E-state index contributed by atoms with van der Waals surface area (Å²) in [6.07, 6.45) is 0. The van der Waals surface area contributed by atoms with Crippen LogP contribution in [0.2, 0.25) is 0 Å². The molecule has 0 unspecified atom stereocenters. The van der Waals surface area contributed by atoms with Gasteiger partial charge in [-0.2, -0.15) is 0 Å². The fourth-order valence-corrected chi connectivity index (χ4v) is 2.94. The molecule has 34 heavy (non-hydrogen) atoms. The quantitative estimate of drug-likeness (QED) is 0.279. The Morgan fingerprint density at radius 2 is 0.735 bits per heavy atom. The summed E-state index contributed by atoms with van der Waals surface area (Å²) in [6.45, 7) is -0.941. The molecule has 10 nitrogen and oxygen atoms in total. The zero-order chi connectivity index (χ0) is 24.5. The third kappa shape index (κ3) is 6.25. The van der Waals surface area contributed by atoms with E-state index in [0.717, 1.165) is 0 Å². The number of benzene rings is 3. The van der Waals surface area contributed by atoms with E-state index in [2.05, 4.69) is 21.3 Å². The molecule has 0 saturated heterocycles. The van der Waals surface area contributed by atoms with Crippen LogP contribution in [-0.2, 0) is 0 Å². The van der Waals surface area contributed by atoms with Crippen LogP contribution in [0, 0.1) is 0 Å². The van der Waals surface area contributed by atoms with Gasteiger partial charge < -0.3 is 31.5 Å². The molecule has 0 aliphatic carbocycles. The molecule has 3 aromatic carbocycles. The van der Waals surface area contributed by atoms with E-state index in [1.165, 1.54) is 48.5 Å². The van der Waals surface area contributed by atoms with Crippen LogP contribution in [0.25, 0.3) is 0 Å². The van der Waals surface area contributed by atoms with Gasteiger partial charge in [0.05, 0.1) is 0 Å². The second-order valence-corrected chi connectivity index (χ2v) is 6.97. The summed E-state index contributed by atoms with van der Waals surface area (Å²) in [5, 5.41) is 27.4. The van der Waals surface area contributed by atoms with Crippen molar-refractivity contribution < 1.29 is 29.4 Å². The van der Waals surface area contributed by atoms with Crippen LogP contribution in [0.15, 0.2) is 72.8 Å². The Hall–Kier alpha value is -4.54. The van der Waals surface area contributed by atoms with Gasteiger partial charge in [-0.05, 0) is 72.8 Å². The molecule has 10 heteroatoms. The van der Waals surface area contributed by atoms with Crippen molar-refractivity contribution in [3.8, 4) is 0 Å². The number of rotatable bonds is 8. The maximum atomic E-state index is 12.5. The molecule has 0 aliphatic rings. The molecule has 0 radical (unpaired) electrons. The van der Waals surface area contributed by atoms with Gasteiger partial charge in [-0.3, -0.25) is 19.2 Å². The highest BCUT2D eigenvalue weighted by Crippen LogP contribution is 2.14. The number of carbonyl (C=O) groups excluding carboxylic acids is 4.